The van der Waals surface area contributed by atoms with Gasteiger partial charge in [-0.05, 0) is 18.3 Å². The van der Waals surface area contributed by atoms with Gasteiger partial charge in [-0.3, -0.25) is 4.79 Å². The van der Waals surface area contributed by atoms with E-state index in [1.807, 2.05) is 6.92 Å². The summed E-state index contributed by atoms with van der Waals surface area (Å²) in [6.07, 6.45) is 4.82. The summed E-state index contributed by atoms with van der Waals surface area (Å²) in [5.41, 5.74) is 0.375. The fourth-order valence-corrected chi connectivity index (χ4v) is 2.50. The van der Waals surface area contributed by atoms with Crippen molar-refractivity contribution in [1.29, 1.82) is 0 Å². The van der Waals surface area contributed by atoms with Gasteiger partial charge in [0.25, 0.3) is 0 Å². The summed E-state index contributed by atoms with van der Waals surface area (Å²) < 4.78 is 4.98. The zero-order chi connectivity index (χ0) is 16.6. The van der Waals surface area contributed by atoms with Crippen molar-refractivity contribution in [2.45, 2.75) is 59.8 Å². The molecule has 1 unspecified atom stereocenters. The van der Waals surface area contributed by atoms with Crippen molar-refractivity contribution >= 4 is 12.1 Å². The lowest BCUT2D eigenvalue weighted by Crippen LogP contribution is -2.47. The summed E-state index contributed by atoms with van der Waals surface area (Å²) in [4.78, 5) is 25.4. The molecule has 1 amide bonds. The standard InChI is InChI=1S/C17H32N2O3/c1-14(8-6-5-7-9-17(2,3)4)15(20)22-16(21)19-12-10-18-11-13-19/h14,18H,5-13H2,1-4H3. The molecule has 0 radical (unpaired) electrons. The van der Waals surface area contributed by atoms with E-state index in [0.29, 0.717) is 18.5 Å². The van der Waals surface area contributed by atoms with Crippen molar-refractivity contribution in [3.8, 4) is 0 Å². The lowest BCUT2D eigenvalue weighted by molar-refractivity contribution is -0.142. The Hall–Kier alpha value is -1.10. The molecule has 1 fully saturated rings. The zero-order valence-electron chi connectivity index (χ0n) is 14.6. The van der Waals surface area contributed by atoms with Crippen molar-refractivity contribution in [3.05, 3.63) is 0 Å². The summed E-state index contributed by atoms with van der Waals surface area (Å²) in [6, 6.07) is 0. The molecule has 1 aliphatic heterocycles. The minimum Gasteiger partial charge on any atom is -0.376 e. The Morgan fingerprint density at radius 2 is 1.77 bits per heavy atom. The van der Waals surface area contributed by atoms with Crippen LogP contribution in [-0.2, 0) is 9.53 Å². The molecule has 0 aromatic heterocycles. The number of nitrogens with one attached hydrogen (secondary N) is 1. The highest BCUT2D eigenvalue weighted by Crippen LogP contribution is 2.23. The first kappa shape index (κ1) is 18.9. The predicted octanol–water partition coefficient (Wildman–Crippen LogP) is 3.19. The third kappa shape index (κ3) is 7.78. The number of carbonyl (C=O) groups excluding carboxylic acids is 2. The Bertz CT molecular complexity index is 357. The third-order valence-electron chi connectivity index (χ3n) is 4.03. The third-order valence-corrected chi connectivity index (χ3v) is 4.03. The summed E-state index contributed by atoms with van der Waals surface area (Å²) in [6.45, 7) is 11.3. The van der Waals surface area contributed by atoms with Crippen LogP contribution in [0.25, 0.3) is 0 Å². The van der Waals surface area contributed by atoms with E-state index in [2.05, 4.69) is 26.1 Å². The first-order valence-corrected chi connectivity index (χ1v) is 8.51. The molecule has 1 heterocycles. The maximum atomic E-state index is 11.9. The molecule has 1 N–H and O–H groups in total. The predicted molar refractivity (Wildman–Crippen MR) is 87.6 cm³/mol. The summed E-state index contributed by atoms with van der Waals surface area (Å²) in [5.74, 6) is -0.596. The largest absolute Gasteiger partial charge is 0.417 e. The molecular weight excluding hydrogens is 280 g/mol. The smallest absolute Gasteiger partial charge is 0.376 e. The lowest BCUT2D eigenvalue weighted by atomic mass is 9.89. The average molecular weight is 312 g/mol. The monoisotopic (exact) mass is 312 g/mol. The Labute approximate surface area is 134 Å². The highest BCUT2D eigenvalue weighted by Gasteiger charge is 2.23. The zero-order valence-corrected chi connectivity index (χ0v) is 14.6. The molecule has 0 saturated carbocycles. The van der Waals surface area contributed by atoms with Crippen molar-refractivity contribution in [3.63, 3.8) is 0 Å². The van der Waals surface area contributed by atoms with Gasteiger partial charge in [-0.25, -0.2) is 4.79 Å². The maximum absolute atomic E-state index is 11.9. The van der Waals surface area contributed by atoms with Gasteiger partial charge < -0.3 is 15.0 Å². The quantitative estimate of drug-likeness (QED) is 0.465. The molecule has 0 bridgehead atoms. The van der Waals surface area contributed by atoms with Crippen molar-refractivity contribution < 1.29 is 14.3 Å². The molecular formula is C17H32N2O3. The number of amides is 1. The van der Waals surface area contributed by atoms with E-state index in [0.717, 1.165) is 32.4 Å². The van der Waals surface area contributed by atoms with E-state index in [4.69, 9.17) is 4.74 Å². The Kier molecular flexibility index (Phi) is 7.87. The molecule has 22 heavy (non-hydrogen) atoms. The van der Waals surface area contributed by atoms with Crippen LogP contribution < -0.4 is 5.32 Å². The topological polar surface area (TPSA) is 58.6 Å². The van der Waals surface area contributed by atoms with Gasteiger partial charge in [-0.15, -0.1) is 0 Å². The number of esters is 1. The summed E-state index contributed by atoms with van der Waals surface area (Å²) in [7, 11) is 0. The molecule has 0 aromatic rings. The molecule has 1 atom stereocenters. The van der Waals surface area contributed by atoms with E-state index in [-0.39, 0.29) is 11.9 Å². The second-order valence-corrected chi connectivity index (χ2v) is 7.49. The molecule has 5 heteroatoms. The van der Waals surface area contributed by atoms with Crippen molar-refractivity contribution in [2.75, 3.05) is 26.2 Å². The van der Waals surface area contributed by atoms with Crippen LogP contribution in [0.5, 0.6) is 0 Å². The van der Waals surface area contributed by atoms with E-state index < -0.39 is 6.09 Å². The number of nitrogens with zero attached hydrogens (tertiary/aromatic N) is 1. The van der Waals surface area contributed by atoms with Gasteiger partial charge >= 0.3 is 12.1 Å². The summed E-state index contributed by atoms with van der Waals surface area (Å²) in [5, 5.41) is 3.16. The lowest BCUT2D eigenvalue weighted by Gasteiger charge is -2.26. The first-order chi connectivity index (χ1) is 10.3. The first-order valence-electron chi connectivity index (χ1n) is 8.51. The summed E-state index contributed by atoms with van der Waals surface area (Å²) >= 11 is 0. The second kappa shape index (κ2) is 9.13. The normalized spacial score (nSPS) is 17.2. The van der Waals surface area contributed by atoms with Crippen LogP contribution in [-0.4, -0.2) is 43.1 Å². The van der Waals surface area contributed by atoms with Crippen LogP contribution >= 0.6 is 0 Å². The van der Waals surface area contributed by atoms with Gasteiger partial charge in [0.05, 0.1) is 5.92 Å². The van der Waals surface area contributed by atoms with Crippen LogP contribution in [0.2, 0.25) is 0 Å². The molecule has 0 aromatic carbocycles. The van der Waals surface area contributed by atoms with Crippen molar-refractivity contribution in [1.82, 2.24) is 10.2 Å². The minimum atomic E-state index is -0.494. The molecule has 128 valence electrons. The van der Waals surface area contributed by atoms with Gasteiger partial charge in [0, 0.05) is 26.2 Å². The SMILES string of the molecule is CC(CCCCCC(C)(C)C)C(=O)OC(=O)N1CCNCC1. The van der Waals surface area contributed by atoms with E-state index in [9.17, 15) is 9.59 Å². The molecule has 0 spiro atoms. The number of rotatable bonds is 6. The average Bonchev–Trinajstić information content (AvgIpc) is 2.46. The molecule has 5 nitrogen and oxygen atoms in total. The van der Waals surface area contributed by atoms with Crippen LogP contribution in [0.4, 0.5) is 4.79 Å². The molecule has 0 aliphatic carbocycles. The van der Waals surface area contributed by atoms with Gasteiger partial charge in [0.1, 0.15) is 0 Å². The highest BCUT2D eigenvalue weighted by atomic mass is 16.6. The molecule has 1 aliphatic rings. The van der Waals surface area contributed by atoms with Crippen LogP contribution in [0.15, 0.2) is 0 Å². The van der Waals surface area contributed by atoms with Crippen LogP contribution in [0, 0.1) is 11.3 Å². The van der Waals surface area contributed by atoms with Crippen LogP contribution in [0.3, 0.4) is 0 Å². The minimum absolute atomic E-state index is 0.207. The van der Waals surface area contributed by atoms with Gasteiger partial charge in [0.15, 0.2) is 0 Å². The number of ether oxygens (including phenoxy) is 1. The second-order valence-electron chi connectivity index (χ2n) is 7.49. The van der Waals surface area contributed by atoms with E-state index >= 15 is 0 Å². The van der Waals surface area contributed by atoms with Gasteiger partial charge in [-0.2, -0.15) is 0 Å². The number of hydrogen-bond donors (Lipinski definition) is 1. The molecule has 1 saturated heterocycles. The van der Waals surface area contributed by atoms with E-state index in [1.165, 1.54) is 12.8 Å². The Morgan fingerprint density at radius 3 is 2.36 bits per heavy atom. The number of hydrogen-bond acceptors (Lipinski definition) is 4. The molecule has 1 rings (SSSR count). The number of piperazine rings is 1. The highest BCUT2D eigenvalue weighted by molar-refractivity contribution is 5.85. The fraction of sp³-hybridized carbons (Fsp3) is 0.882. The van der Waals surface area contributed by atoms with Gasteiger partial charge in [-0.1, -0.05) is 47.0 Å². The number of unbranched alkanes of at least 4 members (excludes halogenated alkanes) is 2. The van der Waals surface area contributed by atoms with Crippen LogP contribution in [0.1, 0.15) is 59.8 Å². The Balaban J connectivity index is 2.17. The Morgan fingerprint density at radius 1 is 1.14 bits per heavy atom. The maximum Gasteiger partial charge on any atom is 0.417 e. The van der Waals surface area contributed by atoms with Crippen molar-refractivity contribution in [2.24, 2.45) is 11.3 Å². The number of carbonyl (C=O) groups is 2. The van der Waals surface area contributed by atoms with Gasteiger partial charge in [0.2, 0.25) is 0 Å². The fourth-order valence-electron chi connectivity index (χ4n) is 2.50. The van der Waals surface area contributed by atoms with E-state index in [1.54, 1.807) is 4.90 Å².